The van der Waals surface area contributed by atoms with E-state index in [1.807, 2.05) is 6.07 Å². The second kappa shape index (κ2) is 9.66. The summed E-state index contributed by atoms with van der Waals surface area (Å²) in [7, 11) is 3.11. The molecule has 1 saturated heterocycles. The summed E-state index contributed by atoms with van der Waals surface area (Å²) in [6.45, 7) is 6.82. The molecule has 28 heavy (non-hydrogen) atoms. The van der Waals surface area contributed by atoms with E-state index in [1.54, 1.807) is 19.4 Å². The molecule has 2 heterocycles. The van der Waals surface area contributed by atoms with Crippen molar-refractivity contribution in [3.8, 4) is 0 Å². The van der Waals surface area contributed by atoms with Crippen molar-refractivity contribution in [2.24, 2.45) is 0 Å². The molecule has 2 aromatic rings. The lowest BCUT2D eigenvalue weighted by atomic mass is 10.0. The zero-order valence-electron chi connectivity index (χ0n) is 16.9. The SMILES string of the molecule is COCCc1ccc(C(C)N2CCN(c3ccc(C(=O)OC)cn3)CC2)cc1. The summed E-state index contributed by atoms with van der Waals surface area (Å²) in [6.07, 6.45) is 2.53. The van der Waals surface area contributed by atoms with E-state index >= 15 is 0 Å². The number of aromatic nitrogens is 1. The normalized spacial score (nSPS) is 16.0. The van der Waals surface area contributed by atoms with Gasteiger partial charge in [0.05, 0.1) is 19.3 Å². The van der Waals surface area contributed by atoms with Crippen molar-refractivity contribution in [3.63, 3.8) is 0 Å². The molecule has 0 saturated carbocycles. The first-order valence-electron chi connectivity index (χ1n) is 9.73. The lowest BCUT2D eigenvalue weighted by molar-refractivity contribution is 0.0600. The quantitative estimate of drug-likeness (QED) is 0.685. The highest BCUT2D eigenvalue weighted by atomic mass is 16.5. The molecule has 1 aromatic carbocycles. The van der Waals surface area contributed by atoms with E-state index in [1.165, 1.54) is 18.2 Å². The van der Waals surface area contributed by atoms with Crippen LogP contribution < -0.4 is 4.90 Å². The molecule has 3 rings (SSSR count). The minimum absolute atomic E-state index is 0.356. The highest BCUT2D eigenvalue weighted by Gasteiger charge is 2.23. The first kappa shape index (κ1) is 20.3. The Morgan fingerprint density at radius 2 is 1.79 bits per heavy atom. The number of benzene rings is 1. The molecule has 0 bridgehead atoms. The third kappa shape index (κ3) is 4.88. The van der Waals surface area contributed by atoms with Gasteiger partial charge < -0.3 is 14.4 Å². The van der Waals surface area contributed by atoms with Gasteiger partial charge in [-0.05, 0) is 36.6 Å². The van der Waals surface area contributed by atoms with Crippen LogP contribution in [0.2, 0.25) is 0 Å². The van der Waals surface area contributed by atoms with Gasteiger partial charge in [-0.15, -0.1) is 0 Å². The predicted molar refractivity (Wildman–Crippen MR) is 110 cm³/mol. The highest BCUT2D eigenvalue weighted by Crippen LogP contribution is 2.23. The Kier molecular flexibility index (Phi) is 7.01. The van der Waals surface area contributed by atoms with Crippen LogP contribution in [0.25, 0.3) is 0 Å². The van der Waals surface area contributed by atoms with E-state index < -0.39 is 0 Å². The minimum atomic E-state index is -0.356. The average molecular weight is 383 g/mol. The fraction of sp³-hybridized carbons (Fsp3) is 0.455. The fourth-order valence-electron chi connectivity index (χ4n) is 3.54. The average Bonchev–Trinajstić information content (AvgIpc) is 2.77. The number of nitrogens with zero attached hydrogens (tertiary/aromatic N) is 3. The highest BCUT2D eigenvalue weighted by molar-refractivity contribution is 5.89. The molecular weight excluding hydrogens is 354 g/mol. The summed E-state index contributed by atoms with van der Waals surface area (Å²) in [4.78, 5) is 20.7. The maximum Gasteiger partial charge on any atom is 0.339 e. The third-order valence-electron chi connectivity index (χ3n) is 5.41. The second-order valence-electron chi connectivity index (χ2n) is 7.08. The summed E-state index contributed by atoms with van der Waals surface area (Å²) in [5, 5.41) is 0. The number of hydrogen-bond donors (Lipinski definition) is 0. The zero-order chi connectivity index (χ0) is 19.9. The third-order valence-corrected chi connectivity index (χ3v) is 5.41. The second-order valence-corrected chi connectivity index (χ2v) is 7.08. The molecule has 6 nitrogen and oxygen atoms in total. The number of carbonyl (C=O) groups is 1. The van der Waals surface area contributed by atoms with Crippen molar-refractivity contribution in [2.45, 2.75) is 19.4 Å². The molecule has 0 amide bonds. The number of pyridine rings is 1. The largest absolute Gasteiger partial charge is 0.465 e. The van der Waals surface area contributed by atoms with Crippen LogP contribution in [-0.2, 0) is 15.9 Å². The van der Waals surface area contributed by atoms with E-state index in [0.29, 0.717) is 11.6 Å². The van der Waals surface area contributed by atoms with Gasteiger partial charge in [0.15, 0.2) is 0 Å². The Balaban J connectivity index is 1.55. The van der Waals surface area contributed by atoms with Crippen LogP contribution in [0.5, 0.6) is 0 Å². The summed E-state index contributed by atoms with van der Waals surface area (Å²) in [5.74, 6) is 0.549. The van der Waals surface area contributed by atoms with Crippen molar-refractivity contribution in [3.05, 3.63) is 59.3 Å². The summed E-state index contributed by atoms with van der Waals surface area (Å²) in [5.41, 5.74) is 3.13. The van der Waals surface area contributed by atoms with Crippen LogP contribution in [0.4, 0.5) is 5.82 Å². The van der Waals surface area contributed by atoms with E-state index in [9.17, 15) is 4.79 Å². The molecule has 0 N–H and O–H groups in total. The molecule has 1 aromatic heterocycles. The monoisotopic (exact) mass is 383 g/mol. The first-order chi connectivity index (χ1) is 13.6. The maximum absolute atomic E-state index is 11.5. The Hall–Kier alpha value is -2.44. The summed E-state index contributed by atoms with van der Waals surface area (Å²) < 4.78 is 9.87. The van der Waals surface area contributed by atoms with Crippen molar-refractivity contribution < 1.29 is 14.3 Å². The van der Waals surface area contributed by atoms with Crippen LogP contribution in [-0.4, -0.2) is 62.9 Å². The number of carbonyl (C=O) groups excluding carboxylic acids is 1. The Bertz CT molecular complexity index is 754. The van der Waals surface area contributed by atoms with Gasteiger partial charge in [0, 0.05) is 45.5 Å². The number of piperazine rings is 1. The zero-order valence-corrected chi connectivity index (χ0v) is 16.9. The topological polar surface area (TPSA) is 54.9 Å². The summed E-state index contributed by atoms with van der Waals surface area (Å²) >= 11 is 0. The number of methoxy groups -OCH3 is 2. The van der Waals surface area contributed by atoms with Crippen LogP contribution in [0.1, 0.15) is 34.5 Å². The van der Waals surface area contributed by atoms with Gasteiger partial charge in [0.2, 0.25) is 0 Å². The van der Waals surface area contributed by atoms with Gasteiger partial charge in [0.25, 0.3) is 0 Å². The number of anilines is 1. The van der Waals surface area contributed by atoms with Gasteiger partial charge in [-0.1, -0.05) is 24.3 Å². The van der Waals surface area contributed by atoms with Crippen LogP contribution >= 0.6 is 0 Å². The predicted octanol–water partition coefficient (Wildman–Crippen LogP) is 2.94. The van der Waals surface area contributed by atoms with Gasteiger partial charge in [-0.3, -0.25) is 4.90 Å². The molecule has 1 fully saturated rings. The molecule has 1 aliphatic heterocycles. The molecule has 0 spiro atoms. The van der Waals surface area contributed by atoms with Crippen LogP contribution in [0.3, 0.4) is 0 Å². The molecule has 1 aliphatic rings. The number of esters is 1. The molecule has 0 radical (unpaired) electrons. The number of ether oxygens (including phenoxy) is 2. The van der Waals surface area contributed by atoms with E-state index in [2.05, 4.69) is 46.0 Å². The molecule has 1 unspecified atom stereocenters. The Morgan fingerprint density at radius 1 is 1.07 bits per heavy atom. The van der Waals surface area contributed by atoms with Crippen LogP contribution in [0.15, 0.2) is 42.6 Å². The van der Waals surface area contributed by atoms with Crippen molar-refractivity contribution in [1.29, 1.82) is 0 Å². The molecule has 6 heteroatoms. The molecule has 150 valence electrons. The number of rotatable bonds is 7. The maximum atomic E-state index is 11.5. The van der Waals surface area contributed by atoms with Crippen LogP contribution in [0, 0.1) is 0 Å². The van der Waals surface area contributed by atoms with Crippen molar-refractivity contribution >= 4 is 11.8 Å². The van der Waals surface area contributed by atoms with Gasteiger partial charge in [-0.2, -0.15) is 0 Å². The molecule has 0 aliphatic carbocycles. The fourth-order valence-corrected chi connectivity index (χ4v) is 3.54. The Morgan fingerprint density at radius 3 is 2.36 bits per heavy atom. The standard InChI is InChI=1S/C22H29N3O3/c1-17(19-6-4-18(5-7-19)10-15-27-2)24-11-13-25(14-12-24)21-9-8-20(16-23-21)22(26)28-3/h4-9,16-17H,10-15H2,1-3H3. The first-order valence-corrected chi connectivity index (χ1v) is 9.73. The smallest absolute Gasteiger partial charge is 0.339 e. The van der Waals surface area contributed by atoms with Gasteiger partial charge in [0.1, 0.15) is 5.82 Å². The summed E-state index contributed by atoms with van der Waals surface area (Å²) in [6, 6.07) is 12.9. The van der Waals surface area contributed by atoms with Crippen molar-refractivity contribution in [2.75, 3.05) is 51.9 Å². The lowest BCUT2D eigenvalue weighted by Crippen LogP contribution is -2.47. The van der Waals surface area contributed by atoms with Crippen molar-refractivity contribution in [1.82, 2.24) is 9.88 Å². The van der Waals surface area contributed by atoms with Gasteiger partial charge in [-0.25, -0.2) is 9.78 Å². The Labute approximate surface area is 167 Å². The van der Waals surface area contributed by atoms with E-state index in [4.69, 9.17) is 9.47 Å². The minimum Gasteiger partial charge on any atom is -0.465 e. The van der Waals surface area contributed by atoms with E-state index in [0.717, 1.165) is 45.0 Å². The molecular formula is C22H29N3O3. The number of hydrogen-bond acceptors (Lipinski definition) is 6. The lowest BCUT2D eigenvalue weighted by Gasteiger charge is -2.38. The molecule has 1 atom stereocenters. The van der Waals surface area contributed by atoms with Gasteiger partial charge >= 0.3 is 5.97 Å². The van der Waals surface area contributed by atoms with E-state index in [-0.39, 0.29) is 5.97 Å².